The summed E-state index contributed by atoms with van der Waals surface area (Å²) >= 11 is 0. The van der Waals surface area contributed by atoms with Crippen molar-refractivity contribution in [2.24, 2.45) is 4.99 Å². The summed E-state index contributed by atoms with van der Waals surface area (Å²) in [4.78, 5) is 19.0. The molecule has 1 amide bonds. The van der Waals surface area contributed by atoms with Gasteiger partial charge in [0.25, 0.3) is 0 Å². The number of nitrogens with zero attached hydrogens (tertiary/aromatic N) is 2. The summed E-state index contributed by atoms with van der Waals surface area (Å²) in [5, 5.41) is 2.77. The van der Waals surface area contributed by atoms with Gasteiger partial charge in [-0.25, -0.2) is 4.39 Å². The number of halogens is 1. The van der Waals surface area contributed by atoms with Crippen LogP contribution in [0.5, 0.6) is 0 Å². The van der Waals surface area contributed by atoms with Crippen molar-refractivity contribution >= 4 is 23.5 Å². The van der Waals surface area contributed by atoms with Gasteiger partial charge >= 0.3 is 0 Å². The molecule has 5 nitrogen and oxygen atoms in total. The summed E-state index contributed by atoms with van der Waals surface area (Å²) in [5.74, 6) is -1.08. The first-order valence-corrected chi connectivity index (χ1v) is 10.2. The van der Waals surface area contributed by atoms with Gasteiger partial charge in [0.1, 0.15) is 11.7 Å². The number of morpholine rings is 1. The molecule has 0 aromatic heterocycles. The lowest BCUT2D eigenvalue weighted by Crippen LogP contribution is -2.36. The molecule has 1 saturated heterocycles. The standard InChI is InChI=1S/C23H26FN3O2/c24-18-6-9-22-20(15-18)21(23(28)26-22)16-25-19-7-4-17(5-8-19)3-1-2-10-27-11-13-29-14-12-27/h4-9,15-16,21H,1-3,10-14H2,(H,26,28). The monoisotopic (exact) mass is 395 g/mol. The number of aliphatic imine (C=N–C) groups is 1. The Hall–Kier alpha value is -2.57. The molecule has 1 N–H and O–H groups in total. The fraction of sp³-hybridized carbons (Fsp3) is 0.391. The van der Waals surface area contributed by atoms with Crippen molar-refractivity contribution in [3.63, 3.8) is 0 Å². The SMILES string of the molecule is O=C1Nc2ccc(F)cc2C1C=Nc1ccc(CCCCN2CCOCC2)cc1. The van der Waals surface area contributed by atoms with Crippen LogP contribution in [0.25, 0.3) is 0 Å². The molecule has 1 fully saturated rings. The fourth-order valence-corrected chi connectivity index (χ4v) is 3.80. The Balaban J connectivity index is 1.28. The number of benzene rings is 2. The van der Waals surface area contributed by atoms with Gasteiger partial charge in [0, 0.05) is 25.0 Å². The van der Waals surface area contributed by atoms with E-state index in [-0.39, 0.29) is 11.7 Å². The number of aryl methyl sites for hydroxylation is 1. The molecule has 2 aliphatic rings. The van der Waals surface area contributed by atoms with Crippen molar-refractivity contribution in [1.29, 1.82) is 0 Å². The molecule has 6 heteroatoms. The summed E-state index contributed by atoms with van der Waals surface area (Å²) in [6.45, 7) is 4.93. The molecule has 0 radical (unpaired) electrons. The minimum absolute atomic E-state index is 0.175. The number of amides is 1. The Bertz CT molecular complexity index is 876. The molecule has 1 atom stereocenters. The van der Waals surface area contributed by atoms with Gasteiger partial charge in [-0.2, -0.15) is 0 Å². The highest BCUT2D eigenvalue weighted by Gasteiger charge is 2.29. The number of carbonyl (C=O) groups is 1. The zero-order valence-electron chi connectivity index (χ0n) is 16.4. The number of hydrogen-bond donors (Lipinski definition) is 1. The third-order valence-corrected chi connectivity index (χ3v) is 5.49. The van der Waals surface area contributed by atoms with Crippen molar-refractivity contribution < 1.29 is 13.9 Å². The minimum Gasteiger partial charge on any atom is -0.379 e. The average molecular weight is 395 g/mol. The van der Waals surface area contributed by atoms with Crippen molar-refractivity contribution in [2.45, 2.75) is 25.2 Å². The van der Waals surface area contributed by atoms with E-state index in [0.717, 1.165) is 51.4 Å². The second-order valence-electron chi connectivity index (χ2n) is 7.55. The van der Waals surface area contributed by atoms with Crippen molar-refractivity contribution in [3.8, 4) is 0 Å². The molecule has 29 heavy (non-hydrogen) atoms. The molecule has 2 heterocycles. The zero-order chi connectivity index (χ0) is 20.1. The van der Waals surface area contributed by atoms with Gasteiger partial charge in [0.05, 0.1) is 18.9 Å². The van der Waals surface area contributed by atoms with Gasteiger partial charge < -0.3 is 10.1 Å². The van der Waals surface area contributed by atoms with E-state index in [4.69, 9.17) is 4.74 Å². The van der Waals surface area contributed by atoms with Crippen LogP contribution in [-0.4, -0.2) is 49.9 Å². The predicted octanol–water partition coefficient (Wildman–Crippen LogP) is 3.92. The zero-order valence-corrected chi connectivity index (χ0v) is 16.4. The number of fused-ring (bicyclic) bond motifs is 1. The van der Waals surface area contributed by atoms with Crippen molar-refractivity contribution in [1.82, 2.24) is 4.90 Å². The molecule has 152 valence electrons. The van der Waals surface area contributed by atoms with Crippen LogP contribution < -0.4 is 5.32 Å². The average Bonchev–Trinajstić information content (AvgIpc) is 3.05. The van der Waals surface area contributed by atoms with Gasteiger partial charge in [-0.05, 0) is 67.3 Å². The first-order chi connectivity index (χ1) is 14.2. The predicted molar refractivity (Wildman–Crippen MR) is 113 cm³/mol. The van der Waals surface area contributed by atoms with Crippen molar-refractivity contribution in [2.75, 3.05) is 38.2 Å². The first-order valence-electron chi connectivity index (χ1n) is 10.2. The third-order valence-electron chi connectivity index (χ3n) is 5.49. The summed E-state index contributed by atoms with van der Waals surface area (Å²) in [5.41, 5.74) is 3.37. The highest BCUT2D eigenvalue weighted by Crippen LogP contribution is 2.32. The van der Waals surface area contributed by atoms with E-state index in [2.05, 4.69) is 27.3 Å². The fourth-order valence-electron chi connectivity index (χ4n) is 3.80. The lowest BCUT2D eigenvalue weighted by Gasteiger charge is -2.26. The maximum atomic E-state index is 13.5. The maximum Gasteiger partial charge on any atom is 0.237 e. The maximum absolute atomic E-state index is 13.5. The number of ether oxygens (including phenoxy) is 1. The number of anilines is 1. The van der Waals surface area contributed by atoms with E-state index >= 15 is 0 Å². The molecule has 2 aromatic rings. The molecule has 0 spiro atoms. The minimum atomic E-state index is -0.555. The summed E-state index contributed by atoms with van der Waals surface area (Å²) in [6.07, 6.45) is 4.99. The summed E-state index contributed by atoms with van der Waals surface area (Å²) in [6, 6.07) is 12.4. The lowest BCUT2D eigenvalue weighted by molar-refractivity contribution is -0.115. The van der Waals surface area contributed by atoms with Gasteiger partial charge in [0.15, 0.2) is 0 Å². The van der Waals surface area contributed by atoms with E-state index in [0.29, 0.717) is 11.3 Å². The van der Waals surface area contributed by atoms with Crippen LogP contribution in [0.2, 0.25) is 0 Å². The molecule has 1 unspecified atom stereocenters. The summed E-state index contributed by atoms with van der Waals surface area (Å²) in [7, 11) is 0. The van der Waals surface area contributed by atoms with Gasteiger partial charge in [-0.3, -0.25) is 14.7 Å². The number of hydrogen-bond acceptors (Lipinski definition) is 4. The molecule has 2 aromatic carbocycles. The molecule has 4 rings (SSSR count). The molecule has 0 aliphatic carbocycles. The second-order valence-corrected chi connectivity index (χ2v) is 7.55. The van der Waals surface area contributed by atoms with Crippen LogP contribution in [0.15, 0.2) is 47.5 Å². The number of carbonyl (C=O) groups excluding carboxylic acids is 1. The third kappa shape index (κ3) is 5.08. The van der Waals surface area contributed by atoms with E-state index in [1.54, 1.807) is 12.3 Å². The quantitative estimate of drug-likeness (QED) is 0.571. The Morgan fingerprint density at radius 3 is 2.72 bits per heavy atom. The van der Waals surface area contributed by atoms with E-state index in [1.807, 2.05) is 12.1 Å². The Labute approximate surface area is 170 Å². The number of rotatable bonds is 7. The second kappa shape index (κ2) is 9.29. The Morgan fingerprint density at radius 1 is 1.14 bits per heavy atom. The highest BCUT2D eigenvalue weighted by molar-refractivity contribution is 6.12. The van der Waals surface area contributed by atoms with Gasteiger partial charge in [-0.1, -0.05) is 12.1 Å². The lowest BCUT2D eigenvalue weighted by atomic mass is 10.0. The largest absolute Gasteiger partial charge is 0.379 e. The van der Waals surface area contributed by atoms with Gasteiger partial charge in [0.2, 0.25) is 5.91 Å². The molecule has 2 aliphatic heterocycles. The molecular formula is C23H26FN3O2. The van der Waals surface area contributed by atoms with Crippen LogP contribution in [0, 0.1) is 5.82 Å². The van der Waals surface area contributed by atoms with Crippen LogP contribution in [0.1, 0.15) is 29.9 Å². The number of nitrogens with one attached hydrogen (secondary N) is 1. The van der Waals surface area contributed by atoms with E-state index < -0.39 is 5.92 Å². The number of unbranched alkanes of at least 4 members (excludes halogenated alkanes) is 1. The van der Waals surface area contributed by atoms with E-state index in [1.165, 1.54) is 24.1 Å². The normalized spacial score (nSPS) is 19.5. The Kier molecular flexibility index (Phi) is 6.32. The molecule has 0 bridgehead atoms. The summed E-state index contributed by atoms with van der Waals surface area (Å²) < 4.78 is 18.9. The van der Waals surface area contributed by atoms with Gasteiger partial charge in [-0.15, -0.1) is 0 Å². The topological polar surface area (TPSA) is 53.9 Å². The van der Waals surface area contributed by atoms with E-state index in [9.17, 15) is 9.18 Å². The smallest absolute Gasteiger partial charge is 0.237 e. The van der Waals surface area contributed by atoms with Crippen LogP contribution >= 0.6 is 0 Å². The van der Waals surface area contributed by atoms with Crippen LogP contribution in [-0.2, 0) is 16.0 Å². The first kappa shape index (κ1) is 19.7. The van der Waals surface area contributed by atoms with Crippen LogP contribution in [0.3, 0.4) is 0 Å². The van der Waals surface area contributed by atoms with Crippen LogP contribution in [0.4, 0.5) is 15.8 Å². The highest BCUT2D eigenvalue weighted by atomic mass is 19.1. The van der Waals surface area contributed by atoms with Crippen molar-refractivity contribution in [3.05, 3.63) is 59.4 Å². The molecular weight excluding hydrogens is 369 g/mol. The Morgan fingerprint density at radius 2 is 1.93 bits per heavy atom. The molecule has 0 saturated carbocycles.